The maximum absolute atomic E-state index is 5.91. The van der Waals surface area contributed by atoms with Crippen molar-refractivity contribution in [2.24, 2.45) is 5.73 Å². The lowest BCUT2D eigenvalue weighted by Crippen LogP contribution is -2.18. The molecule has 1 aliphatic carbocycles. The van der Waals surface area contributed by atoms with Gasteiger partial charge in [-0.15, -0.1) is 0 Å². The lowest BCUT2D eigenvalue weighted by Gasteiger charge is -2.08. The van der Waals surface area contributed by atoms with Crippen LogP contribution in [0.4, 0.5) is 0 Å². The summed E-state index contributed by atoms with van der Waals surface area (Å²) in [5, 5.41) is 0. The van der Waals surface area contributed by atoms with Crippen LogP contribution in [-0.2, 0) is 6.42 Å². The van der Waals surface area contributed by atoms with Crippen LogP contribution < -0.4 is 5.73 Å². The normalized spacial score (nSPS) is 17.6. The lowest BCUT2D eigenvalue weighted by atomic mass is 10.1. The van der Waals surface area contributed by atoms with Gasteiger partial charge in [0.25, 0.3) is 0 Å². The first kappa shape index (κ1) is 10.8. The van der Waals surface area contributed by atoms with Gasteiger partial charge < -0.3 is 10.1 Å². The van der Waals surface area contributed by atoms with Crippen molar-refractivity contribution >= 4 is 5.52 Å². The molecule has 1 saturated carbocycles. The summed E-state index contributed by atoms with van der Waals surface area (Å²) in [4.78, 5) is 4.74. The lowest BCUT2D eigenvalue weighted by molar-refractivity contribution is 0.738. The molecule has 1 fully saturated rings. The zero-order chi connectivity index (χ0) is 12.0. The Hall–Kier alpha value is -1.35. The van der Waals surface area contributed by atoms with E-state index in [1.807, 2.05) is 0 Å². The molecule has 0 bridgehead atoms. The fourth-order valence-corrected chi connectivity index (χ4v) is 2.57. The van der Waals surface area contributed by atoms with Crippen LogP contribution in [0, 0.1) is 6.92 Å². The van der Waals surface area contributed by atoms with E-state index in [4.69, 9.17) is 10.7 Å². The van der Waals surface area contributed by atoms with Gasteiger partial charge in [-0.05, 0) is 44.7 Å². The molecule has 0 radical (unpaired) electrons. The molecule has 1 unspecified atom stereocenters. The first-order chi connectivity index (χ1) is 8.16. The molecule has 17 heavy (non-hydrogen) atoms. The molecule has 0 amide bonds. The number of aromatic nitrogens is 2. The Labute approximate surface area is 102 Å². The van der Waals surface area contributed by atoms with Gasteiger partial charge >= 0.3 is 0 Å². The molecule has 0 spiro atoms. The minimum Gasteiger partial charge on any atom is -0.328 e. The minimum atomic E-state index is 0.194. The second kappa shape index (κ2) is 3.84. The number of rotatable bonds is 3. The van der Waals surface area contributed by atoms with E-state index in [2.05, 4.69) is 36.6 Å². The van der Waals surface area contributed by atoms with Crippen LogP contribution in [0.2, 0.25) is 0 Å². The molecule has 2 N–H and O–H groups in total. The van der Waals surface area contributed by atoms with Gasteiger partial charge in [0.05, 0.1) is 11.2 Å². The summed E-state index contributed by atoms with van der Waals surface area (Å²) in [6.45, 7) is 4.16. The molecule has 2 aromatic heterocycles. The Balaban J connectivity index is 2.17. The highest BCUT2D eigenvalue weighted by atomic mass is 15.0. The highest BCUT2D eigenvalue weighted by Crippen LogP contribution is 2.40. The Morgan fingerprint density at radius 3 is 2.94 bits per heavy atom. The zero-order valence-electron chi connectivity index (χ0n) is 10.5. The molecule has 0 saturated heterocycles. The number of hydrogen-bond donors (Lipinski definition) is 1. The highest BCUT2D eigenvalue weighted by Gasteiger charge is 2.29. The van der Waals surface area contributed by atoms with Crippen LogP contribution >= 0.6 is 0 Å². The topological polar surface area (TPSA) is 43.3 Å². The molecule has 1 aliphatic rings. The second-order valence-electron chi connectivity index (χ2n) is 5.26. The smallest absolute Gasteiger partial charge is 0.116 e. The predicted molar refractivity (Wildman–Crippen MR) is 69.3 cm³/mol. The Morgan fingerprint density at radius 2 is 2.29 bits per heavy atom. The van der Waals surface area contributed by atoms with Crippen LogP contribution in [0.5, 0.6) is 0 Å². The third-order valence-electron chi connectivity index (χ3n) is 3.43. The fourth-order valence-electron chi connectivity index (χ4n) is 2.57. The summed E-state index contributed by atoms with van der Waals surface area (Å²) >= 11 is 0. The number of aryl methyl sites for hydroxylation is 1. The van der Waals surface area contributed by atoms with Gasteiger partial charge in [-0.1, -0.05) is 6.07 Å². The van der Waals surface area contributed by atoms with Crippen molar-refractivity contribution in [3.63, 3.8) is 0 Å². The first-order valence-electron chi connectivity index (χ1n) is 6.39. The number of fused-ring (bicyclic) bond motifs is 1. The molecule has 0 aromatic carbocycles. The molecule has 3 rings (SSSR count). The van der Waals surface area contributed by atoms with E-state index >= 15 is 0 Å². The van der Waals surface area contributed by atoms with Gasteiger partial charge in [0.1, 0.15) is 5.82 Å². The van der Waals surface area contributed by atoms with Crippen molar-refractivity contribution in [3.8, 4) is 0 Å². The maximum atomic E-state index is 5.91. The highest BCUT2D eigenvalue weighted by molar-refractivity contribution is 5.60. The van der Waals surface area contributed by atoms with Crippen molar-refractivity contribution in [1.82, 2.24) is 9.38 Å². The third-order valence-corrected chi connectivity index (χ3v) is 3.43. The van der Waals surface area contributed by atoms with E-state index in [-0.39, 0.29) is 6.04 Å². The number of nitrogens with zero attached hydrogens (tertiary/aromatic N) is 2. The molecule has 1 atom stereocenters. The first-order valence-corrected chi connectivity index (χ1v) is 6.39. The largest absolute Gasteiger partial charge is 0.328 e. The third kappa shape index (κ3) is 1.84. The summed E-state index contributed by atoms with van der Waals surface area (Å²) < 4.78 is 2.27. The van der Waals surface area contributed by atoms with E-state index in [0.29, 0.717) is 5.92 Å². The van der Waals surface area contributed by atoms with Crippen LogP contribution in [-0.4, -0.2) is 15.4 Å². The fraction of sp³-hybridized carbons (Fsp3) is 0.500. The van der Waals surface area contributed by atoms with Crippen molar-refractivity contribution in [2.45, 2.75) is 45.1 Å². The van der Waals surface area contributed by atoms with Crippen LogP contribution in [0.1, 0.15) is 42.8 Å². The van der Waals surface area contributed by atoms with E-state index < -0.39 is 0 Å². The molecule has 3 nitrogen and oxygen atoms in total. The summed E-state index contributed by atoms with van der Waals surface area (Å²) in [6.07, 6.45) is 5.63. The summed E-state index contributed by atoms with van der Waals surface area (Å²) in [5.74, 6) is 1.92. The van der Waals surface area contributed by atoms with Crippen molar-refractivity contribution in [2.75, 3.05) is 0 Å². The van der Waals surface area contributed by atoms with Gasteiger partial charge in [-0.2, -0.15) is 0 Å². The summed E-state index contributed by atoms with van der Waals surface area (Å²) in [6, 6.07) is 4.47. The van der Waals surface area contributed by atoms with Gasteiger partial charge in [-0.3, -0.25) is 0 Å². The van der Waals surface area contributed by atoms with Crippen LogP contribution in [0.15, 0.2) is 18.3 Å². The summed E-state index contributed by atoms with van der Waals surface area (Å²) in [5.41, 5.74) is 9.65. The number of imidazole rings is 1. The molecule has 0 aliphatic heterocycles. The van der Waals surface area contributed by atoms with Crippen molar-refractivity contribution < 1.29 is 0 Å². The van der Waals surface area contributed by atoms with Crippen LogP contribution in [0.3, 0.4) is 0 Å². The Bertz CT molecular complexity index is 550. The minimum absolute atomic E-state index is 0.194. The molecule has 2 heterocycles. The quantitative estimate of drug-likeness (QED) is 0.878. The average molecular weight is 229 g/mol. The van der Waals surface area contributed by atoms with E-state index in [1.54, 1.807) is 0 Å². The van der Waals surface area contributed by atoms with Crippen molar-refractivity contribution in [1.29, 1.82) is 0 Å². The number of nitrogens with two attached hydrogens (primary N) is 1. The standard InChI is InChI=1S/C14H19N3/c1-9(15)8-12-4-3-7-17-13(12)10(2)16-14(17)11-5-6-11/h3-4,7,9,11H,5-6,8,15H2,1-2H3. The molecule has 90 valence electrons. The van der Waals surface area contributed by atoms with Crippen molar-refractivity contribution in [3.05, 3.63) is 35.4 Å². The van der Waals surface area contributed by atoms with Crippen LogP contribution in [0.25, 0.3) is 5.52 Å². The number of pyridine rings is 1. The molecular weight excluding hydrogens is 210 g/mol. The van der Waals surface area contributed by atoms with E-state index in [0.717, 1.165) is 12.1 Å². The van der Waals surface area contributed by atoms with Gasteiger partial charge in [-0.25, -0.2) is 4.98 Å². The Morgan fingerprint density at radius 1 is 1.53 bits per heavy atom. The second-order valence-corrected chi connectivity index (χ2v) is 5.26. The average Bonchev–Trinajstić information content (AvgIpc) is 3.04. The van der Waals surface area contributed by atoms with Gasteiger partial charge in [0.15, 0.2) is 0 Å². The molecule has 3 heteroatoms. The molecular formula is C14H19N3. The molecule has 2 aromatic rings. The van der Waals surface area contributed by atoms with E-state index in [1.165, 1.54) is 29.7 Å². The van der Waals surface area contributed by atoms with Gasteiger partial charge in [0, 0.05) is 18.2 Å². The van der Waals surface area contributed by atoms with E-state index in [9.17, 15) is 0 Å². The number of hydrogen-bond acceptors (Lipinski definition) is 2. The van der Waals surface area contributed by atoms with Gasteiger partial charge in [0.2, 0.25) is 0 Å². The monoisotopic (exact) mass is 229 g/mol. The Kier molecular flexibility index (Phi) is 2.44. The maximum Gasteiger partial charge on any atom is 0.116 e. The summed E-state index contributed by atoms with van der Waals surface area (Å²) in [7, 11) is 0. The zero-order valence-corrected chi connectivity index (χ0v) is 10.5. The predicted octanol–water partition coefficient (Wildman–Crippen LogP) is 2.41. The SMILES string of the molecule is Cc1nc(C2CC2)n2cccc(CC(C)N)c12.